The van der Waals surface area contributed by atoms with Crippen molar-refractivity contribution in [2.75, 3.05) is 33.7 Å². The van der Waals surface area contributed by atoms with Gasteiger partial charge in [-0.05, 0) is 69.8 Å². The van der Waals surface area contributed by atoms with E-state index in [2.05, 4.69) is 0 Å². The highest BCUT2D eigenvalue weighted by atomic mass is 16.3. The van der Waals surface area contributed by atoms with Crippen LogP contribution >= 0.6 is 0 Å². The van der Waals surface area contributed by atoms with Crippen molar-refractivity contribution in [1.82, 2.24) is 14.4 Å². The molecule has 0 spiro atoms. The second kappa shape index (κ2) is 7.42. The van der Waals surface area contributed by atoms with Crippen molar-refractivity contribution >= 4 is 5.91 Å². The number of rotatable bonds is 4. The third-order valence-corrected chi connectivity index (χ3v) is 4.83. The lowest BCUT2D eigenvalue weighted by Gasteiger charge is -2.30. The quantitative estimate of drug-likeness (QED) is 0.929. The van der Waals surface area contributed by atoms with Crippen LogP contribution in [0.1, 0.15) is 29.6 Å². The largest absolute Gasteiger partial charge is 0.388 e. The Balaban J connectivity index is 1.67. The van der Waals surface area contributed by atoms with Crippen LogP contribution < -0.4 is 0 Å². The van der Waals surface area contributed by atoms with Gasteiger partial charge in [0, 0.05) is 43.3 Å². The number of amides is 1. The predicted molar refractivity (Wildman–Crippen MR) is 99.0 cm³/mol. The molecule has 134 valence electrons. The summed E-state index contributed by atoms with van der Waals surface area (Å²) in [7, 11) is 3.94. The highest BCUT2D eigenvalue weighted by Crippen LogP contribution is 2.24. The second-order valence-corrected chi connectivity index (χ2v) is 7.25. The maximum atomic E-state index is 12.8. The van der Waals surface area contributed by atoms with E-state index in [9.17, 15) is 9.90 Å². The van der Waals surface area contributed by atoms with Gasteiger partial charge in [-0.15, -0.1) is 0 Å². The van der Waals surface area contributed by atoms with E-state index in [4.69, 9.17) is 0 Å². The Morgan fingerprint density at radius 1 is 1.12 bits per heavy atom. The van der Waals surface area contributed by atoms with E-state index in [1.807, 2.05) is 77.3 Å². The van der Waals surface area contributed by atoms with Crippen molar-refractivity contribution in [3.05, 3.63) is 54.4 Å². The van der Waals surface area contributed by atoms with E-state index in [0.29, 0.717) is 31.6 Å². The lowest BCUT2D eigenvalue weighted by molar-refractivity contribution is 0.00305. The highest BCUT2D eigenvalue weighted by Gasteiger charge is 2.32. The molecule has 1 aromatic carbocycles. The summed E-state index contributed by atoms with van der Waals surface area (Å²) in [6.07, 6.45) is 6.16. The van der Waals surface area contributed by atoms with E-state index in [-0.39, 0.29) is 5.91 Å². The van der Waals surface area contributed by atoms with Gasteiger partial charge in [-0.3, -0.25) is 4.79 Å². The molecule has 0 radical (unpaired) electrons. The first-order chi connectivity index (χ1) is 12.0. The molecule has 25 heavy (non-hydrogen) atoms. The Hall–Kier alpha value is -2.11. The topological polar surface area (TPSA) is 48.7 Å². The minimum absolute atomic E-state index is 0.0492. The lowest BCUT2D eigenvalue weighted by Crippen LogP contribution is -2.41. The predicted octanol–water partition coefficient (Wildman–Crippen LogP) is 2.40. The Labute approximate surface area is 149 Å². The van der Waals surface area contributed by atoms with Crippen LogP contribution in [0, 0.1) is 0 Å². The summed E-state index contributed by atoms with van der Waals surface area (Å²) in [6, 6.07) is 11.7. The van der Waals surface area contributed by atoms with Crippen molar-refractivity contribution in [2.24, 2.45) is 0 Å². The monoisotopic (exact) mass is 341 g/mol. The molecule has 3 rings (SSSR count). The van der Waals surface area contributed by atoms with E-state index in [1.54, 1.807) is 0 Å². The van der Waals surface area contributed by atoms with Crippen LogP contribution in [-0.2, 0) is 0 Å². The average molecular weight is 341 g/mol. The summed E-state index contributed by atoms with van der Waals surface area (Å²) in [5.74, 6) is 0.0492. The van der Waals surface area contributed by atoms with Gasteiger partial charge < -0.3 is 19.5 Å². The summed E-state index contributed by atoms with van der Waals surface area (Å²) in [5.41, 5.74) is 1.04. The van der Waals surface area contributed by atoms with Gasteiger partial charge in [0.15, 0.2) is 0 Å². The SMILES string of the molecule is CN(C)CC1(O)CCCN(C(=O)c2ccc(-n3cccc3)cc2)CC1. The number of benzene rings is 1. The average Bonchev–Trinajstić information content (AvgIpc) is 3.05. The van der Waals surface area contributed by atoms with Crippen LogP contribution in [-0.4, -0.2) is 64.7 Å². The van der Waals surface area contributed by atoms with Gasteiger partial charge in [-0.25, -0.2) is 0 Å². The molecule has 1 saturated heterocycles. The second-order valence-electron chi connectivity index (χ2n) is 7.25. The summed E-state index contributed by atoms with van der Waals surface area (Å²) >= 11 is 0. The highest BCUT2D eigenvalue weighted by molar-refractivity contribution is 5.94. The zero-order valence-corrected chi connectivity index (χ0v) is 15.1. The molecular formula is C20H27N3O2. The smallest absolute Gasteiger partial charge is 0.253 e. The molecule has 0 aliphatic carbocycles. The number of hydrogen-bond donors (Lipinski definition) is 1. The van der Waals surface area contributed by atoms with Gasteiger partial charge in [0.2, 0.25) is 0 Å². The van der Waals surface area contributed by atoms with Crippen LogP contribution in [0.4, 0.5) is 0 Å². The number of nitrogens with zero attached hydrogens (tertiary/aromatic N) is 3. The first-order valence-electron chi connectivity index (χ1n) is 8.87. The van der Waals surface area contributed by atoms with E-state index in [1.165, 1.54) is 0 Å². The van der Waals surface area contributed by atoms with Crippen molar-refractivity contribution in [1.29, 1.82) is 0 Å². The van der Waals surface area contributed by atoms with Crippen molar-refractivity contribution < 1.29 is 9.90 Å². The molecule has 0 saturated carbocycles. The molecular weight excluding hydrogens is 314 g/mol. The molecule has 1 N–H and O–H groups in total. The molecule has 2 aromatic rings. The van der Waals surface area contributed by atoms with Crippen LogP contribution in [0.5, 0.6) is 0 Å². The summed E-state index contributed by atoms with van der Waals surface area (Å²) in [6.45, 7) is 1.94. The molecule has 1 atom stereocenters. The molecule has 5 nitrogen and oxygen atoms in total. The van der Waals surface area contributed by atoms with Crippen molar-refractivity contribution in [3.63, 3.8) is 0 Å². The van der Waals surface area contributed by atoms with Gasteiger partial charge in [0.1, 0.15) is 0 Å². The van der Waals surface area contributed by atoms with Crippen molar-refractivity contribution in [3.8, 4) is 5.69 Å². The number of hydrogen-bond acceptors (Lipinski definition) is 3. The first kappa shape index (κ1) is 17.7. The molecule has 0 bridgehead atoms. The minimum Gasteiger partial charge on any atom is -0.388 e. The van der Waals surface area contributed by atoms with Crippen LogP contribution in [0.2, 0.25) is 0 Å². The normalized spacial score (nSPS) is 21.4. The number of carbonyl (C=O) groups is 1. The van der Waals surface area contributed by atoms with E-state index >= 15 is 0 Å². The molecule has 5 heteroatoms. The fourth-order valence-electron chi connectivity index (χ4n) is 3.59. The zero-order chi connectivity index (χ0) is 17.9. The van der Waals surface area contributed by atoms with Gasteiger partial charge in [-0.2, -0.15) is 0 Å². The van der Waals surface area contributed by atoms with Crippen molar-refractivity contribution in [2.45, 2.75) is 24.9 Å². The van der Waals surface area contributed by atoms with Gasteiger partial charge in [-0.1, -0.05) is 0 Å². The molecule has 1 fully saturated rings. The number of likely N-dealkylation sites (tertiary alicyclic amines) is 1. The number of aliphatic hydroxyl groups is 1. The Morgan fingerprint density at radius 2 is 1.80 bits per heavy atom. The number of carbonyl (C=O) groups excluding carboxylic acids is 1. The summed E-state index contributed by atoms with van der Waals surface area (Å²) in [5, 5.41) is 10.8. The maximum Gasteiger partial charge on any atom is 0.253 e. The van der Waals surface area contributed by atoms with E-state index in [0.717, 1.165) is 18.5 Å². The Kier molecular flexibility index (Phi) is 5.25. The molecule has 1 amide bonds. The standard InChI is InChI=1S/C20H27N3O2/c1-21(2)16-20(25)10-5-14-23(15-11-20)19(24)17-6-8-18(9-7-17)22-12-3-4-13-22/h3-4,6-9,12-13,25H,5,10-11,14-16H2,1-2H3. The minimum atomic E-state index is -0.698. The third-order valence-electron chi connectivity index (χ3n) is 4.83. The zero-order valence-electron chi connectivity index (χ0n) is 15.1. The van der Waals surface area contributed by atoms with Gasteiger partial charge in [0.05, 0.1) is 5.60 Å². The van der Waals surface area contributed by atoms with Crippen LogP contribution in [0.3, 0.4) is 0 Å². The molecule has 2 heterocycles. The summed E-state index contributed by atoms with van der Waals surface area (Å²) in [4.78, 5) is 16.7. The molecule has 1 unspecified atom stereocenters. The van der Waals surface area contributed by atoms with Crippen LogP contribution in [0.25, 0.3) is 5.69 Å². The number of aromatic nitrogens is 1. The fraction of sp³-hybridized carbons (Fsp3) is 0.450. The lowest BCUT2D eigenvalue weighted by atomic mass is 9.94. The Morgan fingerprint density at radius 3 is 2.44 bits per heavy atom. The molecule has 1 aliphatic heterocycles. The van der Waals surface area contributed by atoms with Gasteiger partial charge in [0.25, 0.3) is 5.91 Å². The Bertz CT molecular complexity index is 694. The number of likely N-dealkylation sites (N-methyl/N-ethyl adjacent to an activating group) is 1. The van der Waals surface area contributed by atoms with Gasteiger partial charge >= 0.3 is 0 Å². The first-order valence-corrected chi connectivity index (χ1v) is 8.87. The molecule has 1 aliphatic rings. The molecule has 1 aromatic heterocycles. The third kappa shape index (κ3) is 4.30. The van der Waals surface area contributed by atoms with E-state index < -0.39 is 5.60 Å². The fourth-order valence-corrected chi connectivity index (χ4v) is 3.59. The van der Waals surface area contributed by atoms with Crippen LogP contribution in [0.15, 0.2) is 48.8 Å². The maximum absolute atomic E-state index is 12.8. The summed E-state index contributed by atoms with van der Waals surface area (Å²) < 4.78 is 2.02.